The van der Waals surface area contributed by atoms with Gasteiger partial charge in [-0.25, -0.2) is 0 Å². The fourth-order valence-corrected chi connectivity index (χ4v) is 4.91. The Labute approximate surface area is 177 Å². The van der Waals surface area contributed by atoms with Gasteiger partial charge in [-0.1, -0.05) is 5.92 Å². The number of carbonyl (C=O) groups excluding carboxylic acids is 4. The molecule has 1 heterocycles. The van der Waals surface area contributed by atoms with E-state index in [1.54, 1.807) is 6.92 Å². The molecule has 1 aliphatic heterocycles. The van der Waals surface area contributed by atoms with E-state index in [-0.39, 0.29) is 49.8 Å². The van der Waals surface area contributed by atoms with E-state index in [1.165, 1.54) is 12.0 Å². The lowest BCUT2D eigenvalue weighted by Crippen LogP contribution is -2.52. The number of amides is 1. The van der Waals surface area contributed by atoms with E-state index < -0.39 is 17.3 Å². The molecule has 3 rings (SSSR count). The van der Waals surface area contributed by atoms with Gasteiger partial charge in [0.15, 0.2) is 0 Å². The molecule has 158 valence electrons. The number of ketones is 2. The Morgan fingerprint density at radius 2 is 1.77 bits per heavy atom. The highest BCUT2D eigenvalue weighted by Crippen LogP contribution is 2.45. The highest BCUT2D eigenvalue weighted by Gasteiger charge is 2.49. The SMILES string of the molecule is CC#Cc1cc(C)c(C2C(=O)CC3(CCC(=O)N(CC(=O)OC)C3)CC2=O)c(C)c1. The second-order valence-electron chi connectivity index (χ2n) is 8.44. The van der Waals surface area contributed by atoms with E-state index in [0.717, 1.165) is 22.3 Å². The van der Waals surface area contributed by atoms with Crippen LogP contribution in [0.3, 0.4) is 0 Å². The molecule has 1 aromatic rings. The molecule has 1 saturated carbocycles. The van der Waals surface area contributed by atoms with Gasteiger partial charge < -0.3 is 9.64 Å². The molecule has 6 heteroatoms. The van der Waals surface area contributed by atoms with Crippen LogP contribution in [0.1, 0.15) is 60.8 Å². The number of Topliss-reactive ketones (excluding diaryl/α,β-unsaturated/α-hetero) is 2. The van der Waals surface area contributed by atoms with E-state index in [0.29, 0.717) is 6.42 Å². The topological polar surface area (TPSA) is 80.8 Å². The molecule has 0 aromatic heterocycles. The number of methoxy groups -OCH3 is 1. The Kier molecular flexibility index (Phi) is 6.12. The fourth-order valence-electron chi connectivity index (χ4n) is 4.91. The minimum absolute atomic E-state index is 0.112. The van der Waals surface area contributed by atoms with Gasteiger partial charge >= 0.3 is 5.97 Å². The standard InChI is InChI=1S/C24H27NO5/c1-5-6-17-9-15(2)22(16(3)10-17)23-18(26)11-24(12-19(23)27)8-7-20(28)25(14-24)13-21(29)30-4/h9-10,23H,7-8,11-14H2,1-4H3. The number of hydrogen-bond donors (Lipinski definition) is 0. The Bertz CT molecular complexity index is 940. The summed E-state index contributed by atoms with van der Waals surface area (Å²) < 4.78 is 4.67. The summed E-state index contributed by atoms with van der Waals surface area (Å²) in [4.78, 5) is 51.7. The molecular formula is C24H27NO5. The van der Waals surface area contributed by atoms with Crippen LogP contribution in [-0.2, 0) is 23.9 Å². The molecule has 1 saturated heterocycles. The molecule has 0 bridgehead atoms. The zero-order chi connectivity index (χ0) is 22.1. The molecule has 0 unspecified atom stereocenters. The monoisotopic (exact) mass is 409 g/mol. The molecule has 2 aliphatic rings. The van der Waals surface area contributed by atoms with E-state index in [4.69, 9.17) is 0 Å². The molecule has 0 atom stereocenters. The van der Waals surface area contributed by atoms with Crippen LogP contribution in [-0.4, -0.2) is 48.5 Å². The van der Waals surface area contributed by atoms with Gasteiger partial charge in [-0.15, -0.1) is 5.92 Å². The molecule has 0 N–H and O–H groups in total. The Morgan fingerprint density at radius 1 is 1.17 bits per heavy atom. The number of ether oxygens (including phenoxy) is 1. The summed E-state index contributed by atoms with van der Waals surface area (Å²) in [6.45, 7) is 5.66. The van der Waals surface area contributed by atoms with Crippen molar-refractivity contribution in [2.24, 2.45) is 5.41 Å². The minimum atomic E-state index is -0.772. The van der Waals surface area contributed by atoms with Crippen molar-refractivity contribution in [2.75, 3.05) is 20.2 Å². The second-order valence-corrected chi connectivity index (χ2v) is 8.44. The number of esters is 1. The molecule has 0 radical (unpaired) electrons. The van der Waals surface area contributed by atoms with Gasteiger partial charge in [0.1, 0.15) is 24.0 Å². The third kappa shape index (κ3) is 4.16. The predicted molar refractivity (Wildman–Crippen MR) is 111 cm³/mol. The van der Waals surface area contributed by atoms with Crippen molar-refractivity contribution >= 4 is 23.4 Å². The van der Waals surface area contributed by atoms with Crippen LogP contribution in [0.2, 0.25) is 0 Å². The number of rotatable bonds is 3. The number of carbonyl (C=O) groups is 4. The van der Waals surface area contributed by atoms with Crippen molar-refractivity contribution in [3.05, 3.63) is 34.4 Å². The molecule has 1 amide bonds. The first kappa shape index (κ1) is 21.8. The second kappa shape index (κ2) is 8.43. The van der Waals surface area contributed by atoms with Crippen molar-refractivity contribution in [1.29, 1.82) is 0 Å². The summed E-state index contributed by atoms with van der Waals surface area (Å²) in [5.41, 5.74) is 2.83. The summed E-state index contributed by atoms with van der Waals surface area (Å²) in [5.74, 6) is 4.24. The summed E-state index contributed by atoms with van der Waals surface area (Å²) in [6.07, 6.45) is 1.16. The summed E-state index contributed by atoms with van der Waals surface area (Å²) >= 11 is 0. The normalized spacial score (nSPS) is 23.9. The number of aryl methyl sites for hydroxylation is 2. The molecule has 1 aliphatic carbocycles. The van der Waals surface area contributed by atoms with Gasteiger partial charge in [-0.2, -0.15) is 0 Å². The first-order valence-electron chi connectivity index (χ1n) is 10.1. The predicted octanol–water partition coefficient (Wildman–Crippen LogP) is 2.47. The van der Waals surface area contributed by atoms with Gasteiger partial charge in [-0.05, 0) is 56.0 Å². The van der Waals surface area contributed by atoms with Gasteiger partial charge in [0.05, 0.1) is 7.11 Å². The maximum atomic E-state index is 13.2. The largest absolute Gasteiger partial charge is 0.468 e. The fraction of sp³-hybridized carbons (Fsp3) is 0.500. The number of piperidine rings is 1. The zero-order valence-corrected chi connectivity index (χ0v) is 18.0. The highest BCUT2D eigenvalue weighted by molar-refractivity contribution is 6.10. The van der Waals surface area contributed by atoms with Gasteiger partial charge in [0, 0.05) is 36.8 Å². The Balaban J connectivity index is 1.86. The third-order valence-corrected chi connectivity index (χ3v) is 6.19. The highest BCUT2D eigenvalue weighted by atomic mass is 16.5. The maximum absolute atomic E-state index is 13.2. The van der Waals surface area contributed by atoms with Crippen molar-refractivity contribution in [1.82, 2.24) is 4.90 Å². The van der Waals surface area contributed by atoms with Gasteiger partial charge in [0.2, 0.25) is 5.91 Å². The molecule has 6 nitrogen and oxygen atoms in total. The summed E-state index contributed by atoms with van der Waals surface area (Å²) in [5, 5.41) is 0. The Hall–Kier alpha value is -2.94. The van der Waals surface area contributed by atoms with Gasteiger partial charge in [-0.3, -0.25) is 19.2 Å². The van der Waals surface area contributed by atoms with E-state index in [9.17, 15) is 19.2 Å². The molecule has 30 heavy (non-hydrogen) atoms. The lowest BCUT2D eigenvalue weighted by Gasteiger charge is -2.45. The van der Waals surface area contributed by atoms with Crippen LogP contribution < -0.4 is 0 Å². The summed E-state index contributed by atoms with van der Waals surface area (Å²) in [6, 6.07) is 3.84. The average Bonchev–Trinajstić information content (AvgIpc) is 2.66. The Morgan fingerprint density at radius 3 is 2.30 bits per heavy atom. The summed E-state index contributed by atoms with van der Waals surface area (Å²) in [7, 11) is 1.27. The number of hydrogen-bond acceptors (Lipinski definition) is 5. The first-order valence-corrected chi connectivity index (χ1v) is 10.1. The molecule has 1 spiro atoms. The smallest absolute Gasteiger partial charge is 0.325 e. The van der Waals surface area contributed by atoms with Crippen molar-refractivity contribution in [3.8, 4) is 11.8 Å². The van der Waals surface area contributed by atoms with Crippen LogP contribution in [0.4, 0.5) is 0 Å². The lowest BCUT2D eigenvalue weighted by atomic mass is 9.63. The zero-order valence-electron chi connectivity index (χ0n) is 18.0. The van der Waals surface area contributed by atoms with Crippen LogP contribution in [0.15, 0.2) is 12.1 Å². The minimum Gasteiger partial charge on any atom is -0.468 e. The van der Waals surface area contributed by atoms with Crippen molar-refractivity contribution in [2.45, 2.75) is 52.4 Å². The molecule has 2 fully saturated rings. The van der Waals surface area contributed by atoms with Crippen LogP contribution >= 0.6 is 0 Å². The van der Waals surface area contributed by atoms with Crippen LogP contribution in [0, 0.1) is 31.1 Å². The van der Waals surface area contributed by atoms with E-state index in [2.05, 4.69) is 16.6 Å². The number of likely N-dealkylation sites (tertiary alicyclic amines) is 1. The van der Waals surface area contributed by atoms with E-state index >= 15 is 0 Å². The van der Waals surface area contributed by atoms with E-state index in [1.807, 2.05) is 26.0 Å². The molecule has 1 aromatic carbocycles. The number of nitrogens with zero attached hydrogens (tertiary/aromatic N) is 1. The quantitative estimate of drug-likeness (QED) is 0.435. The van der Waals surface area contributed by atoms with Crippen molar-refractivity contribution in [3.63, 3.8) is 0 Å². The van der Waals surface area contributed by atoms with Crippen LogP contribution in [0.5, 0.6) is 0 Å². The molecular weight excluding hydrogens is 382 g/mol. The maximum Gasteiger partial charge on any atom is 0.325 e. The first-order chi connectivity index (χ1) is 14.2. The average molecular weight is 409 g/mol. The van der Waals surface area contributed by atoms with Crippen molar-refractivity contribution < 1.29 is 23.9 Å². The van der Waals surface area contributed by atoms with Gasteiger partial charge in [0.25, 0.3) is 0 Å². The third-order valence-electron chi connectivity index (χ3n) is 6.19. The number of benzene rings is 1. The lowest BCUT2D eigenvalue weighted by molar-refractivity contribution is -0.153. The van der Waals surface area contributed by atoms with Crippen LogP contribution in [0.25, 0.3) is 0 Å².